The van der Waals surface area contributed by atoms with E-state index in [0.717, 1.165) is 5.39 Å². The second-order valence-corrected chi connectivity index (χ2v) is 2.80. The minimum Gasteiger partial charge on any atom is -0.422 e. The van der Waals surface area contributed by atoms with Gasteiger partial charge in [0.15, 0.2) is 0 Å². The standard InChI is InChI=1S/C9H4ClO2/c10-7-2-3-8-6(5-7)1-4-9(11)12-8/h1-3,5H. The third-order valence-electron chi connectivity index (χ3n) is 1.52. The smallest absolute Gasteiger partial charge is 0.344 e. The average Bonchev–Trinajstić information content (AvgIpc) is 2.05. The molecule has 3 heteroatoms. The van der Waals surface area contributed by atoms with E-state index in [2.05, 4.69) is 6.07 Å². The minimum absolute atomic E-state index is 0.468. The fourth-order valence-electron chi connectivity index (χ4n) is 0.991. The van der Waals surface area contributed by atoms with Gasteiger partial charge in [-0.2, -0.15) is 0 Å². The van der Waals surface area contributed by atoms with E-state index in [9.17, 15) is 4.79 Å². The van der Waals surface area contributed by atoms with Gasteiger partial charge in [0.2, 0.25) is 0 Å². The van der Waals surface area contributed by atoms with Crippen LogP contribution in [0.1, 0.15) is 0 Å². The summed E-state index contributed by atoms with van der Waals surface area (Å²) < 4.78 is 4.85. The van der Waals surface area contributed by atoms with Crippen molar-refractivity contribution in [1.82, 2.24) is 0 Å². The van der Waals surface area contributed by atoms with E-state index >= 15 is 0 Å². The molecule has 2 aromatic rings. The third-order valence-corrected chi connectivity index (χ3v) is 1.76. The van der Waals surface area contributed by atoms with Crippen molar-refractivity contribution in [3.8, 4) is 0 Å². The monoisotopic (exact) mass is 179 g/mol. The Bertz CT molecular complexity index is 473. The first-order valence-corrected chi connectivity index (χ1v) is 3.74. The second kappa shape index (κ2) is 2.64. The lowest BCUT2D eigenvalue weighted by Crippen LogP contribution is -1.94. The van der Waals surface area contributed by atoms with Gasteiger partial charge in [-0.3, -0.25) is 0 Å². The summed E-state index contributed by atoms with van der Waals surface area (Å²) in [4.78, 5) is 10.7. The second-order valence-electron chi connectivity index (χ2n) is 2.36. The van der Waals surface area contributed by atoms with Gasteiger partial charge in [0.05, 0.1) is 6.07 Å². The molecule has 0 saturated heterocycles. The van der Waals surface area contributed by atoms with Crippen LogP contribution in [-0.4, -0.2) is 0 Å². The van der Waals surface area contributed by atoms with Crippen LogP contribution in [0, 0.1) is 6.07 Å². The SMILES string of the molecule is O=c1[c]cc2cc(Cl)ccc2o1. The van der Waals surface area contributed by atoms with E-state index in [1.54, 1.807) is 24.3 Å². The average molecular weight is 180 g/mol. The zero-order valence-corrected chi connectivity index (χ0v) is 6.76. The summed E-state index contributed by atoms with van der Waals surface area (Å²) in [7, 11) is 0. The van der Waals surface area contributed by atoms with Crippen molar-refractivity contribution in [3.63, 3.8) is 0 Å². The molecule has 0 aliphatic rings. The van der Waals surface area contributed by atoms with E-state index in [1.807, 2.05) is 0 Å². The van der Waals surface area contributed by atoms with Crippen LogP contribution in [0.2, 0.25) is 5.02 Å². The Morgan fingerprint density at radius 2 is 2.25 bits per heavy atom. The van der Waals surface area contributed by atoms with Crippen LogP contribution in [0.4, 0.5) is 0 Å². The van der Waals surface area contributed by atoms with Crippen molar-refractivity contribution in [2.24, 2.45) is 0 Å². The van der Waals surface area contributed by atoms with E-state index in [1.165, 1.54) is 0 Å². The van der Waals surface area contributed by atoms with Gasteiger partial charge in [0.25, 0.3) is 0 Å². The molecule has 0 N–H and O–H groups in total. The molecule has 0 aliphatic heterocycles. The molecule has 0 spiro atoms. The van der Waals surface area contributed by atoms with Crippen LogP contribution in [0.3, 0.4) is 0 Å². The van der Waals surface area contributed by atoms with Crippen molar-refractivity contribution in [2.75, 3.05) is 0 Å². The Hall–Kier alpha value is -1.28. The van der Waals surface area contributed by atoms with Gasteiger partial charge in [-0.15, -0.1) is 0 Å². The molecule has 59 valence electrons. The molecule has 0 amide bonds. The molecule has 12 heavy (non-hydrogen) atoms. The quantitative estimate of drug-likeness (QED) is 0.581. The first kappa shape index (κ1) is 7.37. The molecule has 2 nitrogen and oxygen atoms in total. The zero-order valence-electron chi connectivity index (χ0n) is 6.00. The molecular weight excluding hydrogens is 176 g/mol. The summed E-state index contributed by atoms with van der Waals surface area (Å²) in [6, 6.07) is 9.03. The molecule has 1 aromatic heterocycles. The Morgan fingerprint density at radius 3 is 3.08 bits per heavy atom. The van der Waals surface area contributed by atoms with E-state index in [-0.39, 0.29) is 0 Å². The molecule has 0 aliphatic carbocycles. The summed E-state index contributed by atoms with van der Waals surface area (Å²) in [5.74, 6) is 0. The van der Waals surface area contributed by atoms with Crippen molar-refractivity contribution in [1.29, 1.82) is 0 Å². The third kappa shape index (κ3) is 1.21. The molecule has 1 radical (unpaired) electrons. The lowest BCUT2D eigenvalue weighted by atomic mass is 10.2. The summed E-state index contributed by atoms with van der Waals surface area (Å²) in [5.41, 5.74) is 0.0629. The summed E-state index contributed by atoms with van der Waals surface area (Å²) in [6.07, 6.45) is 0. The van der Waals surface area contributed by atoms with E-state index in [4.69, 9.17) is 16.0 Å². The number of halogens is 1. The first-order chi connectivity index (χ1) is 5.75. The van der Waals surface area contributed by atoms with Crippen LogP contribution in [0.5, 0.6) is 0 Å². The van der Waals surface area contributed by atoms with Crippen molar-refractivity contribution < 1.29 is 4.42 Å². The number of hydrogen-bond acceptors (Lipinski definition) is 2. The number of fused-ring (bicyclic) bond motifs is 1. The fourth-order valence-corrected chi connectivity index (χ4v) is 1.17. The fraction of sp³-hybridized carbons (Fsp3) is 0. The van der Waals surface area contributed by atoms with Crippen LogP contribution in [0.25, 0.3) is 11.0 Å². The highest BCUT2D eigenvalue weighted by molar-refractivity contribution is 6.31. The van der Waals surface area contributed by atoms with Crippen molar-refractivity contribution >= 4 is 22.6 Å². The topological polar surface area (TPSA) is 30.2 Å². The lowest BCUT2D eigenvalue weighted by Gasteiger charge is -1.94. The number of hydrogen-bond donors (Lipinski definition) is 0. The summed E-state index contributed by atoms with van der Waals surface area (Å²) in [6.45, 7) is 0. The molecule has 0 fully saturated rings. The van der Waals surface area contributed by atoms with Gasteiger partial charge in [-0.05, 0) is 24.3 Å². The molecule has 0 saturated carbocycles. The van der Waals surface area contributed by atoms with Gasteiger partial charge in [0, 0.05) is 10.4 Å². The van der Waals surface area contributed by atoms with Crippen molar-refractivity contribution in [2.45, 2.75) is 0 Å². The molecular formula is C9H4ClO2. The Kier molecular flexibility index (Phi) is 1.62. The Balaban J connectivity index is 2.87. The van der Waals surface area contributed by atoms with E-state index in [0.29, 0.717) is 10.6 Å². The maximum Gasteiger partial charge on any atom is 0.344 e. The van der Waals surface area contributed by atoms with Gasteiger partial charge < -0.3 is 4.42 Å². The highest BCUT2D eigenvalue weighted by atomic mass is 35.5. The molecule has 0 atom stereocenters. The molecule has 1 aromatic carbocycles. The molecule has 0 unspecified atom stereocenters. The van der Waals surface area contributed by atoms with Crippen LogP contribution < -0.4 is 5.63 Å². The van der Waals surface area contributed by atoms with Gasteiger partial charge in [-0.25, -0.2) is 4.79 Å². The van der Waals surface area contributed by atoms with Crippen molar-refractivity contribution in [3.05, 3.63) is 45.8 Å². The largest absolute Gasteiger partial charge is 0.422 e. The van der Waals surface area contributed by atoms with Crippen LogP contribution >= 0.6 is 11.6 Å². The van der Waals surface area contributed by atoms with Gasteiger partial charge >= 0.3 is 5.63 Å². The highest BCUT2D eigenvalue weighted by Crippen LogP contribution is 2.16. The molecule has 2 rings (SSSR count). The van der Waals surface area contributed by atoms with Gasteiger partial charge in [-0.1, -0.05) is 11.6 Å². The lowest BCUT2D eigenvalue weighted by molar-refractivity contribution is 0.559. The predicted octanol–water partition coefficient (Wildman–Crippen LogP) is 2.25. The maximum absolute atomic E-state index is 10.7. The highest BCUT2D eigenvalue weighted by Gasteiger charge is 1.96. The Labute approximate surface area is 73.4 Å². The van der Waals surface area contributed by atoms with Crippen LogP contribution in [-0.2, 0) is 0 Å². The zero-order chi connectivity index (χ0) is 8.55. The molecule has 1 heterocycles. The normalized spacial score (nSPS) is 10.4. The predicted molar refractivity (Wildman–Crippen MR) is 46.3 cm³/mol. The van der Waals surface area contributed by atoms with E-state index < -0.39 is 5.63 Å². The summed E-state index contributed by atoms with van der Waals surface area (Å²) >= 11 is 5.72. The first-order valence-electron chi connectivity index (χ1n) is 3.37. The molecule has 0 bridgehead atoms. The number of benzene rings is 1. The van der Waals surface area contributed by atoms with Gasteiger partial charge in [0.1, 0.15) is 5.58 Å². The van der Waals surface area contributed by atoms with Crippen LogP contribution in [0.15, 0.2) is 33.5 Å². The minimum atomic E-state index is -0.468. The summed E-state index contributed by atoms with van der Waals surface area (Å²) in [5, 5.41) is 1.40. The maximum atomic E-state index is 10.7. The Morgan fingerprint density at radius 1 is 1.42 bits per heavy atom. The number of rotatable bonds is 0.